The molecule has 122 valence electrons. The average molecular weight is 345 g/mol. The predicted molar refractivity (Wildman–Crippen MR) is 91.9 cm³/mol. The van der Waals surface area contributed by atoms with E-state index in [-0.39, 0.29) is 23.0 Å². The fourth-order valence-electron chi connectivity index (χ4n) is 2.47. The number of rotatable bonds is 3. The summed E-state index contributed by atoms with van der Waals surface area (Å²) in [6.45, 7) is 1.95. The van der Waals surface area contributed by atoms with Gasteiger partial charge in [0.2, 0.25) is 5.43 Å². The van der Waals surface area contributed by atoms with Crippen molar-refractivity contribution in [1.29, 1.82) is 0 Å². The molecule has 0 aliphatic rings. The number of carbonyl (C=O) groups excluding carboxylic acids is 1. The molecule has 6 heteroatoms. The second-order valence-corrected chi connectivity index (χ2v) is 5.95. The van der Waals surface area contributed by atoms with Crippen LogP contribution in [-0.4, -0.2) is 10.9 Å². The Kier molecular flexibility index (Phi) is 4.36. The highest BCUT2D eigenvalue weighted by atomic mass is 35.5. The standard InChI is InChI=1S/C18H14ClFN2O2/c1-10-6-13-16(15(20)7-10)21-9-14(17(13)23)18(24)22-8-11-2-4-12(19)5-3-11/h2-7,9H,8H2,1H3,(H,21,23)(H,22,24). The molecule has 0 spiro atoms. The Morgan fingerprint density at radius 2 is 1.96 bits per heavy atom. The van der Waals surface area contributed by atoms with Crippen molar-refractivity contribution >= 4 is 28.4 Å². The summed E-state index contributed by atoms with van der Waals surface area (Å²) in [5.41, 5.74) is 1.01. The molecule has 3 aromatic rings. The molecular formula is C18H14ClFN2O2. The predicted octanol–water partition coefficient (Wildman–Crippen LogP) is 3.56. The maximum absolute atomic E-state index is 13.9. The van der Waals surface area contributed by atoms with E-state index < -0.39 is 17.2 Å². The highest BCUT2D eigenvalue weighted by Crippen LogP contribution is 2.15. The number of aromatic nitrogens is 1. The van der Waals surface area contributed by atoms with Crippen molar-refractivity contribution in [3.05, 3.63) is 80.3 Å². The number of benzene rings is 2. The van der Waals surface area contributed by atoms with Gasteiger partial charge in [0.15, 0.2) is 0 Å². The van der Waals surface area contributed by atoms with Gasteiger partial charge in [-0.1, -0.05) is 23.7 Å². The lowest BCUT2D eigenvalue weighted by molar-refractivity contribution is 0.0949. The Balaban J connectivity index is 1.88. The zero-order valence-corrected chi connectivity index (χ0v) is 13.6. The van der Waals surface area contributed by atoms with Gasteiger partial charge in [-0.05, 0) is 42.3 Å². The van der Waals surface area contributed by atoms with Gasteiger partial charge in [-0.15, -0.1) is 0 Å². The van der Waals surface area contributed by atoms with E-state index in [0.29, 0.717) is 10.6 Å². The maximum atomic E-state index is 13.9. The number of hydrogen-bond acceptors (Lipinski definition) is 2. The Hall–Kier alpha value is -2.66. The quantitative estimate of drug-likeness (QED) is 0.763. The lowest BCUT2D eigenvalue weighted by Gasteiger charge is -2.07. The van der Waals surface area contributed by atoms with Gasteiger partial charge in [0.05, 0.1) is 5.52 Å². The van der Waals surface area contributed by atoms with Gasteiger partial charge >= 0.3 is 0 Å². The van der Waals surface area contributed by atoms with Crippen LogP contribution in [-0.2, 0) is 6.54 Å². The fraction of sp³-hybridized carbons (Fsp3) is 0.111. The van der Waals surface area contributed by atoms with Crippen LogP contribution >= 0.6 is 11.6 Å². The highest BCUT2D eigenvalue weighted by molar-refractivity contribution is 6.30. The molecule has 0 bridgehead atoms. The van der Waals surface area contributed by atoms with E-state index >= 15 is 0 Å². The Morgan fingerprint density at radius 1 is 1.25 bits per heavy atom. The van der Waals surface area contributed by atoms with E-state index in [2.05, 4.69) is 10.3 Å². The molecule has 0 aliphatic heterocycles. The van der Waals surface area contributed by atoms with Crippen molar-refractivity contribution in [2.24, 2.45) is 0 Å². The second kappa shape index (κ2) is 6.45. The first-order valence-corrected chi connectivity index (χ1v) is 7.67. The molecule has 2 N–H and O–H groups in total. The van der Waals surface area contributed by atoms with Crippen molar-refractivity contribution in [3.8, 4) is 0 Å². The normalized spacial score (nSPS) is 10.8. The molecular weight excluding hydrogens is 331 g/mol. The first-order valence-electron chi connectivity index (χ1n) is 7.30. The van der Waals surface area contributed by atoms with E-state index in [0.717, 1.165) is 5.56 Å². The monoisotopic (exact) mass is 344 g/mol. The van der Waals surface area contributed by atoms with Crippen LogP contribution in [0.25, 0.3) is 10.9 Å². The number of H-pyrrole nitrogens is 1. The summed E-state index contributed by atoms with van der Waals surface area (Å²) >= 11 is 5.81. The zero-order valence-electron chi connectivity index (χ0n) is 12.8. The number of halogens is 2. The minimum atomic E-state index is -0.519. The van der Waals surface area contributed by atoms with E-state index in [4.69, 9.17) is 11.6 Å². The SMILES string of the molecule is Cc1cc(F)c2[nH]cc(C(=O)NCc3ccc(Cl)cc3)c(=O)c2c1. The first-order chi connectivity index (χ1) is 11.5. The van der Waals surface area contributed by atoms with Crippen LogP contribution < -0.4 is 10.7 Å². The van der Waals surface area contributed by atoms with Gasteiger partial charge < -0.3 is 10.3 Å². The summed E-state index contributed by atoms with van der Waals surface area (Å²) in [5.74, 6) is -1.04. The molecule has 1 heterocycles. The average Bonchev–Trinajstić information content (AvgIpc) is 2.55. The minimum Gasteiger partial charge on any atom is -0.358 e. The maximum Gasteiger partial charge on any atom is 0.257 e. The number of carbonyl (C=O) groups is 1. The van der Waals surface area contributed by atoms with Gasteiger partial charge in [0.25, 0.3) is 5.91 Å². The lowest BCUT2D eigenvalue weighted by atomic mass is 10.1. The molecule has 4 nitrogen and oxygen atoms in total. The number of nitrogens with one attached hydrogen (secondary N) is 2. The lowest BCUT2D eigenvalue weighted by Crippen LogP contribution is -2.28. The second-order valence-electron chi connectivity index (χ2n) is 5.51. The van der Waals surface area contributed by atoms with Crippen LogP contribution in [0, 0.1) is 12.7 Å². The molecule has 1 aromatic heterocycles. The summed E-state index contributed by atoms with van der Waals surface area (Å²) < 4.78 is 13.9. The van der Waals surface area contributed by atoms with Gasteiger partial charge in [-0.25, -0.2) is 4.39 Å². The largest absolute Gasteiger partial charge is 0.358 e. The van der Waals surface area contributed by atoms with Crippen LogP contribution in [0.5, 0.6) is 0 Å². The zero-order chi connectivity index (χ0) is 17.3. The summed E-state index contributed by atoms with van der Waals surface area (Å²) in [4.78, 5) is 27.4. The summed E-state index contributed by atoms with van der Waals surface area (Å²) in [5, 5.41) is 3.44. The molecule has 0 fully saturated rings. The van der Waals surface area contributed by atoms with Crippen LogP contribution in [0.4, 0.5) is 4.39 Å². The van der Waals surface area contributed by atoms with Crippen molar-refractivity contribution in [2.75, 3.05) is 0 Å². The van der Waals surface area contributed by atoms with Crippen LogP contribution in [0.2, 0.25) is 5.02 Å². The van der Waals surface area contributed by atoms with Gasteiger partial charge in [0, 0.05) is 23.2 Å². The van der Waals surface area contributed by atoms with Gasteiger partial charge in [-0.2, -0.15) is 0 Å². The van der Waals surface area contributed by atoms with E-state index in [1.807, 2.05) is 0 Å². The molecule has 0 aliphatic carbocycles. The Morgan fingerprint density at radius 3 is 2.67 bits per heavy atom. The van der Waals surface area contributed by atoms with Crippen LogP contribution in [0.15, 0.2) is 47.4 Å². The number of pyridine rings is 1. The third kappa shape index (κ3) is 3.16. The molecule has 0 unspecified atom stereocenters. The number of fused-ring (bicyclic) bond motifs is 1. The Bertz CT molecular complexity index is 981. The van der Waals surface area contributed by atoms with E-state index in [1.165, 1.54) is 12.3 Å². The third-order valence-corrected chi connectivity index (χ3v) is 3.95. The van der Waals surface area contributed by atoms with Crippen LogP contribution in [0.1, 0.15) is 21.5 Å². The molecule has 0 atom stereocenters. The Labute approximate surface area is 142 Å². The number of aromatic amines is 1. The van der Waals surface area contributed by atoms with Crippen molar-refractivity contribution in [3.63, 3.8) is 0 Å². The van der Waals surface area contributed by atoms with Crippen molar-refractivity contribution in [2.45, 2.75) is 13.5 Å². The highest BCUT2D eigenvalue weighted by Gasteiger charge is 2.14. The smallest absolute Gasteiger partial charge is 0.257 e. The molecule has 2 aromatic carbocycles. The first kappa shape index (κ1) is 16.2. The van der Waals surface area contributed by atoms with Crippen LogP contribution in [0.3, 0.4) is 0 Å². The molecule has 0 radical (unpaired) electrons. The van der Waals surface area contributed by atoms with Gasteiger partial charge in [0.1, 0.15) is 11.4 Å². The summed E-state index contributed by atoms with van der Waals surface area (Å²) in [7, 11) is 0. The molecule has 0 saturated heterocycles. The molecule has 24 heavy (non-hydrogen) atoms. The topological polar surface area (TPSA) is 62.0 Å². The van der Waals surface area contributed by atoms with Gasteiger partial charge in [-0.3, -0.25) is 9.59 Å². The van der Waals surface area contributed by atoms with Crippen molar-refractivity contribution < 1.29 is 9.18 Å². The molecule has 1 amide bonds. The summed E-state index contributed by atoms with van der Waals surface area (Å²) in [6.07, 6.45) is 1.24. The number of aryl methyl sites for hydroxylation is 1. The van der Waals surface area contributed by atoms with E-state index in [1.54, 1.807) is 37.3 Å². The number of amides is 1. The van der Waals surface area contributed by atoms with Crippen molar-refractivity contribution in [1.82, 2.24) is 10.3 Å². The molecule has 3 rings (SSSR count). The molecule has 0 saturated carbocycles. The van der Waals surface area contributed by atoms with E-state index in [9.17, 15) is 14.0 Å². The minimum absolute atomic E-state index is 0.0542. The summed E-state index contributed by atoms with van der Waals surface area (Å²) in [6, 6.07) is 9.90. The fourth-order valence-corrected chi connectivity index (χ4v) is 2.60. The number of hydrogen-bond donors (Lipinski definition) is 2. The third-order valence-electron chi connectivity index (χ3n) is 3.70.